The number of methoxy groups -OCH3 is 1. The maximum Gasteiger partial charge on any atom is 0.191 e. The van der Waals surface area contributed by atoms with Gasteiger partial charge in [0.05, 0.1) is 23.7 Å². The SMILES string of the molecule is COCCn1c(SCc2ccc(F)cc2F)nnc1-c1sc2ncccc2c1N. The molecule has 0 spiro atoms. The van der Waals surface area contributed by atoms with Gasteiger partial charge in [-0.25, -0.2) is 13.8 Å². The fourth-order valence-corrected chi connectivity index (χ4v) is 4.85. The Hall–Kier alpha value is -2.56. The number of nitrogens with two attached hydrogens (primary N) is 1. The quantitative estimate of drug-likeness (QED) is 0.437. The second-order valence-corrected chi connectivity index (χ2v) is 8.12. The van der Waals surface area contributed by atoms with Crippen molar-refractivity contribution in [3.05, 3.63) is 53.7 Å². The minimum Gasteiger partial charge on any atom is -0.397 e. The molecule has 0 unspecified atom stereocenters. The minimum absolute atomic E-state index is 0.292. The lowest BCUT2D eigenvalue weighted by Gasteiger charge is -2.09. The van der Waals surface area contributed by atoms with E-state index in [9.17, 15) is 8.78 Å². The van der Waals surface area contributed by atoms with Gasteiger partial charge >= 0.3 is 0 Å². The Morgan fingerprint density at radius 3 is 2.86 bits per heavy atom. The molecule has 0 saturated carbocycles. The number of hydrogen-bond acceptors (Lipinski definition) is 7. The topological polar surface area (TPSA) is 78.8 Å². The standard InChI is InChI=1S/C19H17F2N5OS2/c1-27-8-7-26-17(16-15(22)13-3-2-6-23-18(13)29-16)24-25-19(26)28-10-11-4-5-12(20)9-14(11)21/h2-6,9H,7-8,10,22H2,1H3. The molecule has 1 aromatic carbocycles. The Morgan fingerprint density at radius 1 is 1.24 bits per heavy atom. The Balaban J connectivity index is 1.68. The second-order valence-electron chi connectivity index (χ2n) is 6.18. The smallest absolute Gasteiger partial charge is 0.191 e. The fraction of sp³-hybridized carbons (Fsp3) is 0.211. The van der Waals surface area contributed by atoms with Gasteiger partial charge in [0.15, 0.2) is 11.0 Å². The molecule has 0 aliphatic carbocycles. The van der Waals surface area contributed by atoms with Crippen molar-refractivity contribution in [3.8, 4) is 10.7 Å². The summed E-state index contributed by atoms with van der Waals surface area (Å²) in [5.74, 6) is -0.276. The average molecular weight is 434 g/mol. The molecule has 4 rings (SSSR count). The number of nitrogens with zero attached hydrogens (tertiary/aromatic N) is 4. The van der Waals surface area contributed by atoms with E-state index in [-0.39, 0.29) is 0 Å². The van der Waals surface area contributed by atoms with Gasteiger partial charge in [0.1, 0.15) is 16.5 Å². The number of thiophene rings is 1. The number of nitrogen functional groups attached to an aromatic ring is 1. The number of hydrogen-bond donors (Lipinski definition) is 1. The summed E-state index contributed by atoms with van der Waals surface area (Å²) in [6, 6.07) is 7.31. The highest BCUT2D eigenvalue weighted by Gasteiger charge is 2.20. The Bertz CT molecular complexity index is 1160. The molecular weight excluding hydrogens is 416 g/mol. The highest BCUT2D eigenvalue weighted by atomic mass is 32.2. The van der Waals surface area contributed by atoms with E-state index < -0.39 is 11.6 Å². The van der Waals surface area contributed by atoms with Crippen molar-refractivity contribution in [1.82, 2.24) is 19.7 Å². The first-order valence-corrected chi connectivity index (χ1v) is 10.5. The van der Waals surface area contributed by atoms with Crippen molar-refractivity contribution in [2.24, 2.45) is 0 Å². The van der Waals surface area contributed by atoms with Crippen LogP contribution in [0.5, 0.6) is 0 Å². The van der Waals surface area contributed by atoms with Gasteiger partial charge in [-0.2, -0.15) is 0 Å². The first-order chi connectivity index (χ1) is 14.1. The van der Waals surface area contributed by atoms with Crippen LogP contribution in [-0.4, -0.2) is 33.5 Å². The monoisotopic (exact) mass is 433 g/mol. The molecule has 29 heavy (non-hydrogen) atoms. The fourth-order valence-electron chi connectivity index (χ4n) is 2.85. The van der Waals surface area contributed by atoms with Gasteiger partial charge in [0, 0.05) is 30.5 Å². The zero-order valence-electron chi connectivity index (χ0n) is 15.4. The summed E-state index contributed by atoms with van der Waals surface area (Å²) in [6.45, 7) is 0.959. The number of benzene rings is 1. The zero-order valence-corrected chi connectivity index (χ0v) is 17.1. The molecule has 0 saturated heterocycles. The molecule has 0 atom stereocenters. The van der Waals surface area contributed by atoms with Crippen LogP contribution in [0.1, 0.15) is 5.56 Å². The van der Waals surface area contributed by atoms with Gasteiger partial charge in [-0.15, -0.1) is 21.5 Å². The molecule has 0 fully saturated rings. The number of rotatable bonds is 7. The van der Waals surface area contributed by atoms with Gasteiger partial charge in [0.2, 0.25) is 0 Å². The summed E-state index contributed by atoms with van der Waals surface area (Å²) >= 11 is 2.76. The molecule has 6 nitrogen and oxygen atoms in total. The summed E-state index contributed by atoms with van der Waals surface area (Å²) in [6.07, 6.45) is 1.72. The van der Waals surface area contributed by atoms with Crippen molar-refractivity contribution in [2.75, 3.05) is 19.5 Å². The van der Waals surface area contributed by atoms with Crippen LogP contribution in [0, 0.1) is 11.6 Å². The summed E-state index contributed by atoms with van der Waals surface area (Å²) in [5.41, 5.74) is 7.34. The normalized spacial score (nSPS) is 11.4. The van der Waals surface area contributed by atoms with Crippen LogP contribution < -0.4 is 5.73 Å². The van der Waals surface area contributed by atoms with Gasteiger partial charge in [-0.3, -0.25) is 4.57 Å². The van der Waals surface area contributed by atoms with E-state index in [1.165, 1.54) is 35.2 Å². The van der Waals surface area contributed by atoms with E-state index >= 15 is 0 Å². The highest BCUT2D eigenvalue weighted by Crippen LogP contribution is 2.40. The van der Waals surface area contributed by atoms with Gasteiger partial charge < -0.3 is 10.5 Å². The molecule has 0 aliphatic rings. The molecule has 0 bridgehead atoms. The number of anilines is 1. The molecule has 150 valence electrons. The molecule has 4 aromatic rings. The first-order valence-electron chi connectivity index (χ1n) is 8.70. The predicted octanol–water partition coefficient (Wildman–Crippen LogP) is 4.35. The summed E-state index contributed by atoms with van der Waals surface area (Å²) < 4.78 is 34.2. The summed E-state index contributed by atoms with van der Waals surface area (Å²) in [4.78, 5) is 5.96. The molecule has 3 heterocycles. The van der Waals surface area contributed by atoms with Crippen LogP contribution in [0.4, 0.5) is 14.5 Å². The van der Waals surface area contributed by atoms with Crippen LogP contribution in [0.3, 0.4) is 0 Å². The lowest BCUT2D eigenvalue weighted by atomic mass is 10.2. The third-order valence-electron chi connectivity index (χ3n) is 4.32. The number of aromatic nitrogens is 4. The van der Waals surface area contributed by atoms with E-state index in [0.717, 1.165) is 21.2 Å². The maximum atomic E-state index is 14.0. The van der Waals surface area contributed by atoms with Crippen molar-refractivity contribution in [3.63, 3.8) is 0 Å². The number of ether oxygens (including phenoxy) is 1. The third-order valence-corrected chi connectivity index (χ3v) is 6.46. The van der Waals surface area contributed by atoms with Crippen LogP contribution in [0.25, 0.3) is 20.9 Å². The predicted molar refractivity (Wildman–Crippen MR) is 111 cm³/mol. The minimum atomic E-state index is -0.601. The number of fused-ring (bicyclic) bond motifs is 1. The van der Waals surface area contributed by atoms with Gasteiger partial charge in [0.25, 0.3) is 0 Å². The lowest BCUT2D eigenvalue weighted by Crippen LogP contribution is -2.07. The number of pyridine rings is 1. The van der Waals surface area contributed by atoms with E-state index in [1.54, 1.807) is 13.3 Å². The summed E-state index contributed by atoms with van der Waals surface area (Å²) in [5, 5.41) is 10.1. The van der Waals surface area contributed by atoms with Crippen LogP contribution in [-0.2, 0) is 17.0 Å². The third kappa shape index (κ3) is 3.96. The average Bonchev–Trinajstić information content (AvgIpc) is 3.26. The number of halogens is 2. The molecule has 2 N–H and O–H groups in total. The van der Waals surface area contributed by atoms with Gasteiger partial charge in [-0.1, -0.05) is 17.8 Å². The van der Waals surface area contributed by atoms with E-state index in [4.69, 9.17) is 10.5 Å². The van der Waals surface area contributed by atoms with Gasteiger partial charge in [-0.05, 0) is 23.8 Å². The lowest BCUT2D eigenvalue weighted by molar-refractivity contribution is 0.185. The van der Waals surface area contributed by atoms with Crippen molar-refractivity contribution in [2.45, 2.75) is 17.5 Å². The Morgan fingerprint density at radius 2 is 2.10 bits per heavy atom. The molecular formula is C19H17F2N5OS2. The molecule has 0 amide bonds. The Kier molecular flexibility index (Phi) is 5.74. The van der Waals surface area contributed by atoms with Crippen molar-refractivity contribution >= 4 is 39.0 Å². The van der Waals surface area contributed by atoms with Crippen LogP contribution >= 0.6 is 23.1 Å². The summed E-state index contributed by atoms with van der Waals surface area (Å²) in [7, 11) is 1.61. The highest BCUT2D eigenvalue weighted by molar-refractivity contribution is 7.98. The molecule has 0 aliphatic heterocycles. The second kappa shape index (κ2) is 8.44. The zero-order chi connectivity index (χ0) is 20.4. The van der Waals surface area contributed by atoms with Crippen molar-refractivity contribution < 1.29 is 13.5 Å². The van der Waals surface area contributed by atoms with Crippen LogP contribution in [0.2, 0.25) is 0 Å². The number of thioether (sulfide) groups is 1. The van der Waals surface area contributed by atoms with E-state index in [2.05, 4.69) is 15.2 Å². The molecule has 0 radical (unpaired) electrons. The van der Waals surface area contributed by atoms with Crippen LogP contribution in [0.15, 0.2) is 41.7 Å². The Labute approximate surface area is 173 Å². The molecule has 3 aromatic heterocycles. The van der Waals surface area contributed by atoms with E-state index in [1.807, 2.05) is 16.7 Å². The molecule has 10 heteroatoms. The maximum absolute atomic E-state index is 14.0. The van der Waals surface area contributed by atoms with E-state index in [0.29, 0.717) is 41.1 Å². The largest absolute Gasteiger partial charge is 0.397 e. The first kappa shape index (κ1) is 19.7. The van der Waals surface area contributed by atoms with Crippen molar-refractivity contribution in [1.29, 1.82) is 0 Å².